The van der Waals surface area contributed by atoms with Gasteiger partial charge in [0.1, 0.15) is 5.01 Å². The van der Waals surface area contributed by atoms with E-state index in [1.165, 1.54) is 24.8 Å². The number of nitrogens with zero attached hydrogens (tertiary/aromatic N) is 1. The minimum Gasteiger partial charge on any atom is -0.335 e. The number of rotatable bonds is 4. The van der Waals surface area contributed by atoms with Crippen LogP contribution in [-0.2, 0) is 6.54 Å². The molecule has 1 fully saturated rings. The van der Waals surface area contributed by atoms with Crippen molar-refractivity contribution >= 4 is 17.4 Å². The van der Waals surface area contributed by atoms with Crippen LogP contribution in [0.5, 0.6) is 0 Å². The second-order valence-corrected chi connectivity index (χ2v) is 6.98. The van der Waals surface area contributed by atoms with Crippen molar-refractivity contribution in [1.82, 2.24) is 15.6 Å². The molecule has 1 heterocycles. The number of thiazole rings is 1. The SMILES string of the molecule is Cc1ccccc1-c1nc(CNC(=O)NC2CCCCC2)cs1. The van der Waals surface area contributed by atoms with E-state index in [1.807, 2.05) is 17.5 Å². The van der Waals surface area contributed by atoms with Gasteiger partial charge in [0.25, 0.3) is 0 Å². The average Bonchev–Trinajstić information content (AvgIpc) is 3.03. The predicted octanol–water partition coefficient (Wildman–Crippen LogP) is 4.25. The van der Waals surface area contributed by atoms with E-state index in [0.29, 0.717) is 12.6 Å². The number of amides is 2. The zero-order valence-electron chi connectivity index (χ0n) is 13.5. The van der Waals surface area contributed by atoms with Gasteiger partial charge < -0.3 is 10.6 Å². The highest BCUT2D eigenvalue weighted by molar-refractivity contribution is 7.13. The summed E-state index contributed by atoms with van der Waals surface area (Å²) in [5, 5.41) is 9.01. The number of benzene rings is 1. The topological polar surface area (TPSA) is 54.0 Å². The summed E-state index contributed by atoms with van der Waals surface area (Å²) >= 11 is 1.62. The molecule has 3 rings (SSSR count). The minimum absolute atomic E-state index is 0.0812. The smallest absolute Gasteiger partial charge is 0.315 e. The molecule has 0 radical (unpaired) electrons. The van der Waals surface area contributed by atoms with Crippen LogP contribution < -0.4 is 10.6 Å². The van der Waals surface area contributed by atoms with Gasteiger partial charge in [-0.15, -0.1) is 11.3 Å². The Balaban J connectivity index is 1.53. The third-order valence-electron chi connectivity index (χ3n) is 4.30. The second kappa shape index (κ2) is 7.59. The van der Waals surface area contributed by atoms with Crippen molar-refractivity contribution in [3.05, 3.63) is 40.9 Å². The first-order chi connectivity index (χ1) is 11.2. The number of carbonyl (C=O) groups is 1. The Bertz CT molecular complexity index is 662. The van der Waals surface area contributed by atoms with E-state index in [1.54, 1.807) is 11.3 Å². The summed E-state index contributed by atoms with van der Waals surface area (Å²) in [6.07, 6.45) is 5.93. The van der Waals surface area contributed by atoms with Gasteiger partial charge in [0.2, 0.25) is 0 Å². The third kappa shape index (κ3) is 4.32. The fourth-order valence-corrected chi connectivity index (χ4v) is 3.89. The molecule has 1 aliphatic rings. The van der Waals surface area contributed by atoms with Crippen molar-refractivity contribution in [3.63, 3.8) is 0 Å². The van der Waals surface area contributed by atoms with Crippen molar-refractivity contribution in [2.45, 2.75) is 51.6 Å². The molecule has 1 saturated carbocycles. The molecule has 1 aliphatic carbocycles. The Kier molecular flexibility index (Phi) is 5.28. The molecule has 4 nitrogen and oxygen atoms in total. The molecule has 122 valence electrons. The van der Waals surface area contributed by atoms with Crippen LogP contribution in [0.1, 0.15) is 43.4 Å². The zero-order valence-corrected chi connectivity index (χ0v) is 14.3. The maximum absolute atomic E-state index is 12.0. The van der Waals surface area contributed by atoms with Crippen molar-refractivity contribution in [2.75, 3.05) is 0 Å². The normalized spacial score (nSPS) is 15.3. The summed E-state index contributed by atoms with van der Waals surface area (Å²) in [7, 11) is 0. The molecular weight excluding hydrogens is 306 g/mol. The number of hydrogen-bond donors (Lipinski definition) is 2. The molecule has 2 amide bonds. The molecule has 0 spiro atoms. The lowest BCUT2D eigenvalue weighted by atomic mass is 9.96. The standard InChI is InChI=1S/C18H23N3OS/c1-13-7-5-6-10-16(13)17-20-15(12-23-17)11-19-18(22)21-14-8-3-2-4-9-14/h5-7,10,12,14H,2-4,8-9,11H2,1H3,(H2,19,21,22). The lowest BCUT2D eigenvalue weighted by Gasteiger charge is -2.22. The molecule has 0 saturated heterocycles. The van der Waals surface area contributed by atoms with Gasteiger partial charge in [-0.05, 0) is 25.3 Å². The lowest BCUT2D eigenvalue weighted by molar-refractivity contribution is 0.232. The maximum Gasteiger partial charge on any atom is 0.315 e. The van der Waals surface area contributed by atoms with Crippen LogP contribution in [0, 0.1) is 6.92 Å². The highest BCUT2D eigenvalue weighted by Crippen LogP contribution is 2.26. The summed E-state index contributed by atoms with van der Waals surface area (Å²) in [4.78, 5) is 16.6. The molecule has 2 N–H and O–H groups in total. The molecule has 1 aromatic heterocycles. The second-order valence-electron chi connectivity index (χ2n) is 6.12. The summed E-state index contributed by atoms with van der Waals surface area (Å²) in [5.41, 5.74) is 3.29. The Labute approximate surface area is 141 Å². The van der Waals surface area contributed by atoms with Crippen LogP contribution in [0.2, 0.25) is 0 Å². The third-order valence-corrected chi connectivity index (χ3v) is 5.22. The van der Waals surface area contributed by atoms with E-state index in [0.717, 1.165) is 29.1 Å². The van der Waals surface area contributed by atoms with Gasteiger partial charge in [-0.3, -0.25) is 0 Å². The van der Waals surface area contributed by atoms with E-state index in [4.69, 9.17) is 0 Å². The van der Waals surface area contributed by atoms with Gasteiger partial charge in [0.15, 0.2) is 0 Å². The Morgan fingerprint density at radius 2 is 2.04 bits per heavy atom. The molecule has 0 unspecified atom stereocenters. The van der Waals surface area contributed by atoms with Gasteiger partial charge in [-0.25, -0.2) is 9.78 Å². The van der Waals surface area contributed by atoms with Crippen LogP contribution >= 0.6 is 11.3 Å². The summed E-state index contributed by atoms with van der Waals surface area (Å²) < 4.78 is 0. The molecule has 0 aliphatic heterocycles. The first-order valence-corrected chi connectivity index (χ1v) is 9.15. The fraction of sp³-hybridized carbons (Fsp3) is 0.444. The zero-order chi connectivity index (χ0) is 16.1. The number of carbonyl (C=O) groups excluding carboxylic acids is 1. The lowest BCUT2D eigenvalue weighted by Crippen LogP contribution is -2.42. The molecule has 1 aromatic carbocycles. The number of aryl methyl sites for hydroxylation is 1. The van der Waals surface area contributed by atoms with Crippen molar-refractivity contribution in [2.24, 2.45) is 0 Å². The van der Waals surface area contributed by atoms with Gasteiger partial charge in [0.05, 0.1) is 12.2 Å². The molecule has 0 bridgehead atoms. The van der Waals surface area contributed by atoms with Gasteiger partial charge in [-0.2, -0.15) is 0 Å². The van der Waals surface area contributed by atoms with E-state index in [2.05, 4.69) is 34.7 Å². The van der Waals surface area contributed by atoms with Gasteiger partial charge >= 0.3 is 6.03 Å². The molecule has 5 heteroatoms. The minimum atomic E-state index is -0.0812. The van der Waals surface area contributed by atoms with E-state index >= 15 is 0 Å². The first-order valence-electron chi connectivity index (χ1n) is 8.27. The highest BCUT2D eigenvalue weighted by atomic mass is 32.1. The first kappa shape index (κ1) is 16.0. The number of hydrogen-bond acceptors (Lipinski definition) is 3. The molecule has 23 heavy (non-hydrogen) atoms. The van der Waals surface area contributed by atoms with Crippen LogP contribution in [0.25, 0.3) is 10.6 Å². The predicted molar refractivity (Wildman–Crippen MR) is 94.5 cm³/mol. The van der Waals surface area contributed by atoms with Gasteiger partial charge in [-0.1, -0.05) is 43.5 Å². The van der Waals surface area contributed by atoms with Crippen LogP contribution in [0.15, 0.2) is 29.6 Å². The highest BCUT2D eigenvalue weighted by Gasteiger charge is 2.15. The quantitative estimate of drug-likeness (QED) is 0.881. The summed E-state index contributed by atoms with van der Waals surface area (Å²) in [5.74, 6) is 0. The summed E-state index contributed by atoms with van der Waals surface area (Å²) in [6.45, 7) is 2.56. The van der Waals surface area contributed by atoms with E-state index in [-0.39, 0.29) is 6.03 Å². The monoisotopic (exact) mass is 329 g/mol. The fourth-order valence-electron chi connectivity index (χ4n) is 2.98. The number of nitrogens with one attached hydrogen (secondary N) is 2. The Morgan fingerprint density at radius 3 is 2.83 bits per heavy atom. The van der Waals surface area contributed by atoms with Crippen molar-refractivity contribution in [3.8, 4) is 10.6 Å². The Hall–Kier alpha value is -1.88. The Morgan fingerprint density at radius 1 is 1.26 bits per heavy atom. The van der Waals surface area contributed by atoms with Crippen LogP contribution in [-0.4, -0.2) is 17.1 Å². The number of aromatic nitrogens is 1. The molecule has 0 atom stereocenters. The van der Waals surface area contributed by atoms with Crippen LogP contribution in [0.3, 0.4) is 0 Å². The average molecular weight is 329 g/mol. The summed E-state index contributed by atoms with van der Waals surface area (Å²) in [6, 6.07) is 8.49. The largest absolute Gasteiger partial charge is 0.335 e. The van der Waals surface area contributed by atoms with Crippen molar-refractivity contribution < 1.29 is 4.79 Å². The van der Waals surface area contributed by atoms with Crippen molar-refractivity contribution in [1.29, 1.82) is 0 Å². The van der Waals surface area contributed by atoms with E-state index < -0.39 is 0 Å². The van der Waals surface area contributed by atoms with Crippen LogP contribution in [0.4, 0.5) is 4.79 Å². The van der Waals surface area contributed by atoms with E-state index in [9.17, 15) is 4.79 Å². The molecular formula is C18H23N3OS. The van der Waals surface area contributed by atoms with Gasteiger partial charge in [0, 0.05) is 17.0 Å². The maximum atomic E-state index is 12.0. The number of urea groups is 1. The molecule has 2 aromatic rings.